The van der Waals surface area contributed by atoms with Crippen molar-refractivity contribution in [2.24, 2.45) is 0 Å². The maximum Gasteiger partial charge on any atom is 0.203 e. The molecule has 8 nitrogen and oxygen atoms in total. The molecule has 2 heterocycles. The first-order chi connectivity index (χ1) is 17.8. The average molecular weight is 509 g/mol. The van der Waals surface area contributed by atoms with Crippen molar-refractivity contribution in [3.05, 3.63) is 71.5 Å². The van der Waals surface area contributed by atoms with Crippen LogP contribution in [0.4, 0.5) is 0 Å². The second kappa shape index (κ2) is 9.87. The van der Waals surface area contributed by atoms with E-state index in [1.165, 1.54) is 0 Å². The number of hydrogen-bond acceptors (Lipinski definition) is 8. The summed E-state index contributed by atoms with van der Waals surface area (Å²) in [6.45, 7) is 3.17. The molecule has 2 fully saturated rings. The topological polar surface area (TPSA) is 95.8 Å². The first-order valence-corrected chi connectivity index (χ1v) is 12.1. The van der Waals surface area contributed by atoms with E-state index in [1.54, 1.807) is 21.3 Å². The third-order valence-corrected chi connectivity index (χ3v) is 6.78. The standard InChI is InChI=1S/C29H32O8/c1-29(2)36-27-24(20(31)15-30)35-26(28(27)37-29)23(18-11-10-16-8-6-7-9-17(16)12-18)19-13-21(32-3)25(34-5)22(14-19)33-4/h6-14,20,24,27-28,30-31H,15H2,1-5H3/b26-23-/t20-,24+,27-,28+/m1/s1. The minimum absolute atomic E-state index is 0.469. The lowest BCUT2D eigenvalue weighted by Crippen LogP contribution is -2.40. The van der Waals surface area contributed by atoms with Crippen LogP contribution in [-0.2, 0) is 14.2 Å². The molecule has 8 heteroatoms. The molecule has 0 bridgehead atoms. The Bertz CT molecular complexity index is 1310. The summed E-state index contributed by atoms with van der Waals surface area (Å²) < 4.78 is 35.6. The van der Waals surface area contributed by atoms with Crippen LogP contribution in [0.1, 0.15) is 25.0 Å². The molecule has 0 radical (unpaired) electrons. The quantitative estimate of drug-likeness (QED) is 0.496. The predicted molar refractivity (Wildman–Crippen MR) is 138 cm³/mol. The molecule has 4 atom stereocenters. The van der Waals surface area contributed by atoms with Gasteiger partial charge in [0.2, 0.25) is 5.75 Å². The fraction of sp³-hybridized carbons (Fsp3) is 0.379. The average Bonchev–Trinajstić information content (AvgIpc) is 3.40. The summed E-state index contributed by atoms with van der Waals surface area (Å²) in [6, 6.07) is 17.9. The summed E-state index contributed by atoms with van der Waals surface area (Å²) in [7, 11) is 4.69. The molecule has 2 aliphatic rings. The lowest BCUT2D eigenvalue weighted by molar-refractivity contribution is -0.176. The predicted octanol–water partition coefficient (Wildman–Crippen LogP) is 3.90. The molecule has 2 aliphatic heterocycles. The van der Waals surface area contributed by atoms with Crippen LogP contribution in [-0.4, -0.2) is 68.4 Å². The van der Waals surface area contributed by atoms with Gasteiger partial charge in [-0.2, -0.15) is 0 Å². The zero-order valence-electron chi connectivity index (χ0n) is 21.6. The first-order valence-electron chi connectivity index (χ1n) is 12.1. The van der Waals surface area contributed by atoms with E-state index < -0.39 is 36.8 Å². The monoisotopic (exact) mass is 508 g/mol. The molecule has 5 rings (SSSR count). The van der Waals surface area contributed by atoms with Gasteiger partial charge in [-0.25, -0.2) is 0 Å². The molecule has 0 spiro atoms. The number of ether oxygens (including phenoxy) is 6. The normalized spacial score (nSPS) is 24.4. The molecule has 0 unspecified atom stereocenters. The van der Waals surface area contributed by atoms with Crippen LogP contribution in [0.5, 0.6) is 17.2 Å². The fourth-order valence-corrected chi connectivity index (χ4v) is 5.14. The van der Waals surface area contributed by atoms with Crippen LogP contribution in [0.25, 0.3) is 16.3 Å². The Morgan fingerprint density at radius 2 is 1.57 bits per heavy atom. The Labute approximate surface area is 215 Å². The molecule has 3 aromatic carbocycles. The number of aliphatic hydroxyl groups is 2. The highest BCUT2D eigenvalue weighted by molar-refractivity contribution is 5.91. The number of benzene rings is 3. The van der Waals surface area contributed by atoms with Crippen LogP contribution in [0.15, 0.2) is 60.4 Å². The van der Waals surface area contributed by atoms with Gasteiger partial charge < -0.3 is 38.6 Å². The Hall–Kier alpha value is -3.30. The van der Waals surface area contributed by atoms with Gasteiger partial charge in [0.05, 0.1) is 27.9 Å². The fourth-order valence-electron chi connectivity index (χ4n) is 5.14. The third kappa shape index (κ3) is 4.51. The maximum atomic E-state index is 10.6. The molecule has 3 aromatic rings. The Kier molecular flexibility index (Phi) is 6.76. The first kappa shape index (κ1) is 25.4. The number of fused-ring (bicyclic) bond motifs is 2. The van der Waals surface area contributed by atoms with Crippen molar-refractivity contribution in [1.82, 2.24) is 0 Å². The van der Waals surface area contributed by atoms with E-state index in [0.29, 0.717) is 23.0 Å². The Morgan fingerprint density at radius 1 is 0.892 bits per heavy atom. The van der Waals surface area contributed by atoms with Crippen molar-refractivity contribution in [3.63, 3.8) is 0 Å². The van der Waals surface area contributed by atoms with E-state index >= 15 is 0 Å². The molecule has 2 N–H and O–H groups in total. The highest BCUT2D eigenvalue weighted by Gasteiger charge is 2.56. The lowest BCUT2D eigenvalue weighted by Gasteiger charge is -2.25. The van der Waals surface area contributed by atoms with Crippen LogP contribution in [0.3, 0.4) is 0 Å². The van der Waals surface area contributed by atoms with E-state index in [1.807, 2.05) is 56.3 Å². The van der Waals surface area contributed by atoms with Gasteiger partial charge in [0, 0.05) is 5.57 Å². The molecule has 0 amide bonds. The summed E-state index contributed by atoms with van der Waals surface area (Å²) in [6.07, 6.45) is -3.18. The zero-order valence-corrected chi connectivity index (χ0v) is 21.6. The molecule has 0 saturated carbocycles. The SMILES string of the molecule is COc1cc(/C(=C2\O[C@@H]([C@H](O)CO)[C@H]3OC(C)(C)O[C@@H]23)c2ccc3ccccc3c2)cc(OC)c1OC. The van der Waals surface area contributed by atoms with Gasteiger partial charge in [-0.05, 0) is 53.9 Å². The lowest BCUT2D eigenvalue weighted by atomic mass is 9.92. The van der Waals surface area contributed by atoms with Gasteiger partial charge in [-0.3, -0.25) is 0 Å². The van der Waals surface area contributed by atoms with Crippen LogP contribution in [0.2, 0.25) is 0 Å². The highest BCUT2D eigenvalue weighted by atomic mass is 16.8. The Morgan fingerprint density at radius 3 is 2.19 bits per heavy atom. The molecular formula is C29H32O8. The Balaban J connectivity index is 1.78. The summed E-state index contributed by atoms with van der Waals surface area (Å²) in [5.41, 5.74) is 2.34. The van der Waals surface area contributed by atoms with E-state index in [-0.39, 0.29) is 0 Å². The van der Waals surface area contributed by atoms with Crippen molar-refractivity contribution in [2.45, 2.75) is 44.1 Å². The van der Waals surface area contributed by atoms with Crippen molar-refractivity contribution < 1.29 is 38.6 Å². The summed E-state index contributed by atoms with van der Waals surface area (Å²) in [5.74, 6) is 1.04. The van der Waals surface area contributed by atoms with Gasteiger partial charge in [0.15, 0.2) is 23.4 Å². The molecule has 37 heavy (non-hydrogen) atoms. The van der Waals surface area contributed by atoms with Gasteiger partial charge in [-0.1, -0.05) is 36.4 Å². The van der Waals surface area contributed by atoms with Crippen LogP contribution >= 0.6 is 0 Å². The maximum absolute atomic E-state index is 10.6. The molecule has 0 aromatic heterocycles. The van der Waals surface area contributed by atoms with E-state index in [4.69, 9.17) is 28.4 Å². The van der Waals surface area contributed by atoms with Crippen molar-refractivity contribution in [1.29, 1.82) is 0 Å². The second-order valence-electron chi connectivity index (χ2n) is 9.57. The number of rotatable bonds is 7. The molecular weight excluding hydrogens is 476 g/mol. The molecule has 0 aliphatic carbocycles. The number of methoxy groups -OCH3 is 3. The van der Waals surface area contributed by atoms with E-state index in [9.17, 15) is 10.2 Å². The van der Waals surface area contributed by atoms with Crippen molar-refractivity contribution in [3.8, 4) is 17.2 Å². The number of aliphatic hydroxyl groups excluding tert-OH is 2. The third-order valence-electron chi connectivity index (χ3n) is 6.78. The second-order valence-corrected chi connectivity index (χ2v) is 9.57. The van der Waals surface area contributed by atoms with Crippen molar-refractivity contribution in [2.75, 3.05) is 27.9 Å². The molecule has 196 valence electrons. The molecule has 2 saturated heterocycles. The number of hydrogen-bond donors (Lipinski definition) is 2. The van der Waals surface area contributed by atoms with Gasteiger partial charge in [-0.15, -0.1) is 0 Å². The van der Waals surface area contributed by atoms with Gasteiger partial charge in [0.1, 0.15) is 24.1 Å². The minimum Gasteiger partial charge on any atom is -0.493 e. The largest absolute Gasteiger partial charge is 0.493 e. The van der Waals surface area contributed by atoms with E-state index in [0.717, 1.165) is 27.5 Å². The highest BCUT2D eigenvalue weighted by Crippen LogP contribution is 2.48. The zero-order chi connectivity index (χ0) is 26.3. The summed E-state index contributed by atoms with van der Waals surface area (Å²) >= 11 is 0. The van der Waals surface area contributed by atoms with Gasteiger partial charge >= 0.3 is 0 Å². The minimum atomic E-state index is -1.15. The summed E-state index contributed by atoms with van der Waals surface area (Å²) in [5, 5.41) is 22.5. The smallest absolute Gasteiger partial charge is 0.203 e. The van der Waals surface area contributed by atoms with E-state index in [2.05, 4.69) is 12.1 Å². The van der Waals surface area contributed by atoms with Gasteiger partial charge in [0.25, 0.3) is 0 Å². The van der Waals surface area contributed by atoms with Crippen LogP contribution in [0, 0.1) is 0 Å². The van der Waals surface area contributed by atoms with Crippen LogP contribution < -0.4 is 14.2 Å². The van der Waals surface area contributed by atoms with Crippen molar-refractivity contribution >= 4 is 16.3 Å². The summed E-state index contributed by atoms with van der Waals surface area (Å²) in [4.78, 5) is 0.